The van der Waals surface area contributed by atoms with E-state index in [1.165, 1.54) is 225 Å². The fourth-order valence-electron chi connectivity index (χ4n) is 10.0. The minimum absolute atomic E-state index is 0.0792. The molecule has 0 fully saturated rings. The van der Waals surface area contributed by atoms with Crippen LogP contribution < -0.4 is 0 Å². The lowest BCUT2D eigenvalue weighted by Crippen LogP contribution is -2.30. The van der Waals surface area contributed by atoms with Crippen molar-refractivity contribution in [1.29, 1.82) is 0 Å². The molecule has 0 aliphatic heterocycles. The third-order valence-corrected chi connectivity index (χ3v) is 15.2. The fourth-order valence-corrected chi connectivity index (χ4v) is 10.0. The van der Waals surface area contributed by atoms with Gasteiger partial charge in [0.2, 0.25) is 0 Å². The van der Waals surface area contributed by atoms with Gasteiger partial charge in [-0.2, -0.15) is 0 Å². The van der Waals surface area contributed by atoms with Crippen LogP contribution in [0, 0.1) is 0 Å². The zero-order valence-electron chi connectivity index (χ0n) is 52.2. The topological polar surface area (TPSA) is 78.9 Å². The molecule has 6 nitrogen and oxygen atoms in total. The maximum absolute atomic E-state index is 12.9. The van der Waals surface area contributed by atoms with Crippen molar-refractivity contribution in [3.8, 4) is 0 Å². The van der Waals surface area contributed by atoms with Crippen LogP contribution in [0.2, 0.25) is 0 Å². The normalized spacial score (nSPS) is 12.4. The van der Waals surface area contributed by atoms with Crippen molar-refractivity contribution in [3.05, 3.63) is 60.8 Å². The molecule has 0 saturated carbocycles. The summed E-state index contributed by atoms with van der Waals surface area (Å²) in [7, 11) is 0. The number of unbranched alkanes of at least 4 members (excludes halogenated alkanes) is 42. The van der Waals surface area contributed by atoms with E-state index in [2.05, 4.69) is 81.5 Å². The average molecular weight is 1090 g/mol. The van der Waals surface area contributed by atoms with Crippen LogP contribution in [0.25, 0.3) is 0 Å². The molecule has 0 aliphatic carbocycles. The van der Waals surface area contributed by atoms with Crippen LogP contribution in [0.4, 0.5) is 0 Å². The Kier molecular flexibility index (Phi) is 64.2. The van der Waals surface area contributed by atoms with Crippen LogP contribution >= 0.6 is 0 Å². The zero-order chi connectivity index (χ0) is 56.4. The number of carbonyl (C=O) groups excluding carboxylic acids is 3. The van der Waals surface area contributed by atoms with Crippen molar-refractivity contribution in [1.82, 2.24) is 0 Å². The summed E-state index contributed by atoms with van der Waals surface area (Å²) in [6, 6.07) is 0. The van der Waals surface area contributed by atoms with Gasteiger partial charge in [-0.3, -0.25) is 14.4 Å². The predicted octanol–water partition coefficient (Wildman–Crippen LogP) is 23.5. The number of esters is 3. The number of rotatable bonds is 63. The SMILES string of the molecule is CCCCCC/C=C\C/C=C\CCCCCCCC(=O)OC(COC(=O)CCCCCCC/C=C\CCCCCC)COC(=O)CCCCCCCCCCCCCCCCCCCCC/C=C\C/C=C\CCCCCCC. The summed E-state index contributed by atoms with van der Waals surface area (Å²) in [4.78, 5) is 38.3. The standard InChI is InChI=1S/C72H130O6/c1-4-7-10-13-16-19-22-25-27-29-30-31-32-33-34-35-36-37-38-39-40-41-42-43-45-47-50-53-56-59-62-65-71(74)77-68-69(67-76-70(73)64-61-58-55-52-49-46-24-21-18-15-12-9-6-3)78-72(75)66-63-60-57-54-51-48-44-28-26-23-20-17-14-11-8-5-2/h20-25,28-30,44,69H,4-19,26-27,31-43,45-68H2,1-3H3/b23-20-,24-21-,25-22-,30-29-,44-28-. The lowest BCUT2D eigenvalue weighted by molar-refractivity contribution is -0.167. The van der Waals surface area contributed by atoms with Crippen LogP contribution in [0.15, 0.2) is 60.8 Å². The molecule has 0 bridgehead atoms. The van der Waals surface area contributed by atoms with Gasteiger partial charge >= 0.3 is 17.9 Å². The molecule has 1 unspecified atom stereocenters. The highest BCUT2D eigenvalue weighted by Crippen LogP contribution is 2.17. The molecule has 0 aromatic heterocycles. The first kappa shape index (κ1) is 75.1. The van der Waals surface area contributed by atoms with E-state index in [4.69, 9.17) is 14.2 Å². The lowest BCUT2D eigenvalue weighted by atomic mass is 10.0. The van der Waals surface area contributed by atoms with Crippen LogP contribution in [-0.4, -0.2) is 37.2 Å². The number of ether oxygens (including phenoxy) is 3. The molecule has 0 N–H and O–H groups in total. The smallest absolute Gasteiger partial charge is 0.306 e. The molecule has 0 saturated heterocycles. The van der Waals surface area contributed by atoms with Gasteiger partial charge in [0.05, 0.1) is 0 Å². The largest absolute Gasteiger partial charge is 0.462 e. The van der Waals surface area contributed by atoms with E-state index < -0.39 is 6.10 Å². The number of hydrogen-bond donors (Lipinski definition) is 0. The Balaban J connectivity index is 4.17. The number of hydrogen-bond acceptors (Lipinski definition) is 6. The molecule has 454 valence electrons. The van der Waals surface area contributed by atoms with E-state index >= 15 is 0 Å². The quantitative estimate of drug-likeness (QED) is 0.0261. The maximum atomic E-state index is 12.9. The van der Waals surface area contributed by atoms with Gasteiger partial charge in [0.1, 0.15) is 13.2 Å². The van der Waals surface area contributed by atoms with Crippen molar-refractivity contribution in [3.63, 3.8) is 0 Å². The van der Waals surface area contributed by atoms with E-state index in [0.717, 1.165) is 96.3 Å². The highest BCUT2D eigenvalue weighted by molar-refractivity contribution is 5.71. The first-order valence-electron chi connectivity index (χ1n) is 34.3. The van der Waals surface area contributed by atoms with E-state index in [0.29, 0.717) is 19.3 Å². The Bertz CT molecular complexity index is 1390. The Morgan fingerprint density at radius 2 is 0.462 bits per heavy atom. The second-order valence-corrected chi connectivity index (χ2v) is 23.1. The van der Waals surface area contributed by atoms with Gasteiger partial charge < -0.3 is 14.2 Å². The molecule has 0 aliphatic rings. The van der Waals surface area contributed by atoms with E-state index in [1.54, 1.807) is 0 Å². The van der Waals surface area contributed by atoms with Crippen molar-refractivity contribution in [2.45, 2.75) is 367 Å². The van der Waals surface area contributed by atoms with Crippen molar-refractivity contribution in [2.24, 2.45) is 0 Å². The molecule has 0 heterocycles. The van der Waals surface area contributed by atoms with Crippen LogP contribution in [0.3, 0.4) is 0 Å². The van der Waals surface area contributed by atoms with E-state index in [-0.39, 0.29) is 31.1 Å². The summed E-state index contributed by atoms with van der Waals surface area (Å²) < 4.78 is 16.9. The van der Waals surface area contributed by atoms with Gasteiger partial charge in [-0.25, -0.2) is 0 Å². The van der Waals surface area contributed by atoms with Gasteiger partial charge in [-0.15, -0.1) is 0 Å². The third kappa shape index (κ3) is 63.9. The number of allylic oxidation sites excluding steroid dienone is 10. The fraction of sp³-hybridized carbons (Fsp3) is 0.819. The van der Waals surface area contributed by atoms with Gasteiger partial charge in [0.15, 0.2) is 6.10 Å². The van der Waals surface area contributed by atoms with Gasteiger partial charge in [0, 0.05) is 19.3 Å². The lowest BCUT2D eigenvalue weighted by Gasteiger charge is -2.18. The Morgan fingerprint density at radius 1 is 0.256 bits per heavy atom. The van der Waals surface area contributed by atoms with E-state index in [9.17, 15) is 14.4 Å². The summed E-state index contributed by atoms with van der Waals surface area (Å²) in [5.41, 5.74) is 0. The summed E-state index contributed by atoms with van der Waals surface area (Å²) in [5.74, 6) is -0.883. The molecule has 0 radical (unpaired) electrons. The summed E-state index contributed by atoms with van der Waals surface area (Å²) in [5, 5.41) is 0. The second kappa shape index (κ2) is 66.6. The molecule has 0 spiro atoms. The van der Waals surface area contributed by atoms with Gasteiger partial charge in [-0.1, -0.05) is 293 Å². The van der Waals surface area contributed by atoms with Crippen molar-refractivity contribution >= 4 is 17.9 Å². The van der Waals surface area contributed by atoms with Gasteiger partial charge in [0.25, 0.3) is 0 Å². The zero-order valence-corrected chi connectivity index (χ0v) is 52.2. The van der Waals surface area contributed by atoms with Crippen molar-refractivity contribution in [2.75, 3.05) is 13.2 Å². The van der Waals surface area contributed by atoms with Crippen molar-refractivity contribution < 1.29 is 28.6 Å². The Morgan fingerprint density at radius 3 is 0.731 bits per heavy atom. The molecule has 0 aromatic rings. The predicted molar refractivity (Wildman–Crippen MR) is 339 cm³/mol. The Labute approximate surface area is 485 Å². The molecular weight excluding hydrogens is 961 g/mol. The monoisotopic (exact) mass is 1090 g/mol. The third-order valence-electron chi connectivity index (χ3n) is 15.2. The van der Waals surface area contributed by atoms with Crippen LogP contribution in [0.1, 0.15) is 361 Å². The summed E-state index contributed by atoms with van der Waals surface area (Å²) in [6.07, 6.45) is 85.4. The highest BCUT2D eigenvalue weighted by atomic mass is 16.6. The average Bonchev–Trinajstić information content (AvgIpc) is 3.44. The first-order chi connectivity index (χ1) is 38.5. The maximum Gasteiger partial charge on any atom is 0.306 e. The molecule has 0 amide bonds. The van der Waals surface area contributed by atoms with E-state index in [1.807, 2.05) is 0 Å². The Hall–Kier alpha value is -2.89. The minimum atomic E-state index is -0.784. The summed E-state index contributed by atoms with van der Waals surface area (Å²) in [6.45, 7) is 6.62. The van der Waals surface area contributed by atoms with Crippen LogP contribution in [-0.2, 0) is 28.6 Å². The highest BCUT2D eigenvalue weighted by Gasteiger charge is 2.19. The van der Waals surface area contributed by atoms with Gasteiger partial charge in [-0.05, 0) is 109 Å². The minimum Gasteiger partial charge on any atom is -0.462 e. The second-order valence-electron chi connectivity index (χ2n) is 23.1. The molecular formula is C72H130O6. The molecule has 1 atom stereocenters. The molecule has 0 aromatic carbocycles. The molecule has 6 heteroatoms. The molecule has 0 rings (SSSR count). The van der Waals surface area contributed by atoms with Crippen LogP contribution in [0.5, 0.6) is 0 Å². The number of carbonyl (C=O) groups is 3. The summed E-state index contributed by atoms with van der Waals surface area (Å²) >= 11 is 0. The molecule has 78 heavy (non-hydrogen) atoms. The first-order valence-corrected chi connectivity index (χ1v) is 34.3.